The number of fused-ring (bicyclic) bond motifs is 5. The first-order chi connectivity index (χ1) is 14.1. The first-order valence-electron chi connectivity index (χ1n) is 12.2. The van der Waals surface area contributed by atoms with E-state index in [1.165, 1.54) is 37.7 Å². The molecule has 1 amide bonds. The molecule has 3 aliphatic carbocycles. The Morgan fingerprint density at radius 2 is 1.73 bits per heavy atom. The summed E-state index contributed by atoms with van der Waals surface area (Å²) in [7, 11) is 0. The summed E-state index contributed by atoms with van der Waals surface area (Å²) >= 11 is 6.17. The van der Waals surface area contributed by atoms with Crippen LogP contribution in [0.15, 0.2) is 24.3 Å². The number of halogens is 1. The van der Waals surface area contributed by atoms with Crippen molar-refractivity contribution >= 4 is 17.5 Å². The lowest BCUT2D eigenvalue weighted by Crippen LogP contribution is -2.69. The minimum atomic E-state index is 0.204. The van der Waals surface area contributed by atoms with Gasteiger partial charge in [0.2, 0.25) is 5.91 Å². The van der Waals surface area contributed by atoms with Crippen molar-refractivity contribution in [1.82, 2.24) is 5.32 Å². The fourth-order valence-corrected chi connectivity index (χ4v) is 8.89. The molecule has 0 radical (unpaired) electrons. The summed E-state index contributed by atoms with van der Waals surface area (Å²) in [5.41, 5.74) is 2.30. The summed E-state index contributed by atoms with van der Waals surface area (Å²) in [6.45, 7) is 10.2. The van der Waals surface area contributed by atoms with Crippen molar-refractivity contribution in [2.45, 2.75) is 85.1 Å². The number of hydrogen-bond acceptors (Lipinski definition) is 1. The summed E-state index contributed by atoms with van der Waals surface area (Å²) in [4.78, 5) is 12.6. The van der Waals surface area contributed by atoms with Crippen molar-refractivity contribution < 1.29 is 4.79 Å². The Labute approximate surface area is 187 Å². The molecule has 1 heterocycles. The molecule has 1 aromatic rings. The summed E-state index contributed by atoms with van der Waals surface area (Å²) in [6, 6.07) is 8.68. The van der Waals surface area contributed by atoms with E-state index in [0.29, 0.717) is 17.8 Å². The Kier molecular flexibility index (Phi) is 4.86. The van der Waals surface area contributed by atoms with Crippen LogP contribution >= 0.6 is 11.6 Å². The highest BCUT2D eigenvalue weighted by atomic mass is 35.5. The molecule has 5 rings (SSSR count). The molecule has 164 valence electrons. The molecular weight excluding hydrogens is 390 g/mol. The van der Waals surface area contributed by atoms with E-state index in [4.69, 9.17) is 11.6 Å². The van der Waals surface area contributed by atoms with Gasteiger partial charge in [-0.05, 0) is 96.1 Å². The van der Waals surface area contributed by atoms with E-state index < -0.39 is 0 Å². The summed E-state index contributed by atoms with van der Waals surface area (Å²) in [5.74, 6) is 3.05. The molecule has 0 spiro atoms. The SMILES string of the molecule is CC1(C)C(Cc2ccc(Cl)cc2)C2NC(=O)CC[C@]2(C)[C@@H]2CC[C@]3(C)CCC[C@H]3[C@@H]21. The maximum Gasteiger partial charge on any atom is 0.220 e. The quantitative estimate of drug-likeness (QED) is 0.561. The Morgan fingerprint density at radius 3 is 2.47 bits per heavy atom. The molecule has 1 saturated heterocycles. The fraction of sp³-hybridized carbons (Fsp3) is 0.741. The summed E-state index contributed by atoms with van der Waals surface area (Å²) in [5, 5.41) is 4.33. The third kappa shape index (κ3) is 2.99. The molecular formula is C27H38ClNO. The average Bonchev–Trinajstić information content (AvgIpc) is 3.09. The molecule has 0 aromatic heterocycles. The van der Waals surface area contributed by atoms with Crippen LogP contribution in [0.1, 0.15) is 78.2 Å². The second kappa shape index (κ2) is 6.99. The lowest BCUT2D eigenvalue weighted by molar-refractivity contribution is -0.180. The van der Waals surface area contributed by atoms with Crippen LogP contribution in [-0.4, -0.2) is 11.9 Å². The minimum Gasteiger partial charge on any atom is -0.353 e. The Bertz CT molecular complexity index is 832. The Balaban J connectivity index is 1.59. The molecule has 4 aliphatic rings. The third-order valence-corrected chi connectivity index (χ3v) is 10.7. The van der Waals surface area contributed by atoms with Crippen molar-refractivity contribution in [2.75, 3.05) is 0 Å². The van der Waals surface area contributed by atoms with Crippen molar-refractivity contribution in [2.24, 2.45) is 39.9 Å². The molecule has 2 unspecified atom stereocenters. The molecule has 1 aromatic carbocycles. The zero-order valence-corrected chi connectivity index (χ0v) is 19.9. The molecule has 30 heavy (non-hydrogen) atoms. The van der Waals surface area contributed by atoms with Crippen LogP contribution in [0.2, 0.25) is 5.02 Å². The van der Waals surface area contributed by atoms with Crippen LogP contribution < -0.4 is 5.32 Å². The first kappa shape index (κ1) is 20.9. The number of carbonyl (C=O) groups excluding carboxylic acids is 1. The fourth-order valence-electron chi connectivity index (χ4n) is 8.76. The smallest absolute Gasteiger partial charge is 0.220 e. The van der Waals surface area contributed by atoms with Crippen LogP contribution in [0.25, 0.3) is 0 Å². The van der Waals surface area contributed by atoms with Crippen molar-refractivity contribution in [3.63, 3.8) is 0 Å². The highest BCUT2D eigenvalue weighted by Crippen LogP contribution is 2.69. The average molecular weight is 428 g/mol. The standard InChI is InChI=1S/C27H38ClNO/c1-25(2)21(16-17-7-9-18(28)10-8-17)24-27(4,15-12-22(30)29-24)20-11-14-26(3)13-5-6-19(26)23(20)25/h7-10,19-21,23-24H,5-6,11-16H2,1-4H3,(H,29,30)/t19-,20+,21?,23-,24?,26-,27+/m0/s1. The maximum atomic E-state index is 12.6. The summed E-state index contributed by atoms with van der Waals surface area (Å²) < 4.78 is 0. The number of amides is 1. The predicted molar refractivity (Wildman–Crippen MR) is 123 cm³/mol. The van der Waals surface area contributed by atoms with Gasteiger partial charge < -0.3 is 5.32 Å². The van der Waals surface area contributed by atoms with E-state index in [1.807, 2.05) is 12.1 Å². The zero-order valence-electron chi connectivity index (χ0n) is 19.1. The van der Waals surface area contributed by atoms with Crippen LogP contribution in [0, 0.1) is 39.9 Å². The lowest BCUT2D eigenvalue weighted by Gasteiger charge is -2.67. The van der Waals surface area contributed by atoms with Crippen LogP contribution in [0.4, 0.5) is 0 Å². The zero-order chi connectivity index (χ0) is 21.3. The molecule has 3 heteroatoms. The van der Waals surface area contributed by atoms with E-state index in [-0.39, 0.29) is 22.8 Å². The number of nitrogens with one attached hydrogen (secondary N) is 1. The van der Waals surface area contributed by atoms with Gasteiger partial charge in [-0.15, -0.1) is 0 Å². The number of carbonyl (C=O) groups is 1. The lowest BCUT2D eigenvalue weighted by atomic mass is 9.39. The van der Waals surface area contributed by atoms with Gasteiger partial charge in [0.25, 0.3) is 0 Å². The van der Waals surface area contributed by atoms with Gasteiger partial charge in [0.15, 0.2) is 0 Å². The predicted octanol–water partition coefficient (Wildman–Crippen LogP) is 6.66. The number of piperidine rings is 1. The van der Waals surface area contributed by atoms with E-state index in [9.17, 15) is 4.79 Å². The second-order valence-corrected chi connectivity index (χ2v) is 12.6. The van der Waals surface area contributed by atoms with Crippen molar-refractivity contribution in [1.29, 1.82) is 0 Å². The van der Waals surface area contributed by atoms with E-state index in [0.717, 1.165) is 35.6 Å². The largest absolute Gasteiger partial charge is 0.353 e. The molecule has 4 fully saturated rings. The van der Waals surface area contributed by atoms with Crippen LogP contribution in [0.5, 0.6) is 0 Å². The van der Waals surface area contributed by atoms with Gasteiger partial charge in [0.05, 0.1) is 0 Å². The van der Waals surface area contributed by atoms with Gasteiger partial charge in [-0.25, -0.2) is 0 Å². The summed E-state index contributed by atoms with van der Waals surface area (Å²) in [6.07, 6.45) is 9.73. The number of rotatable bonds is 2. The van der Waals surface area contributed by atoms with Crippen molar-refractivity contribution in [3.05, 3.63) is 34.9 Å². The van der Waals surface area contributed by atoms with E-state index in [1.54, 1.807) is 0 Å². The van der Waals surface area contributed by atoms with Gasteiger partial charge in [-0.3, -0.25) is 4.79 Å². The topological polar surface area (TPSA) is 29.1 Å². The van der Waals surface area contributed by atoms with Gasteiger partial charge >= 0.3 is 0 Å². The minimum absolute atomic E-state index is 0.204. The van der Waals surface area contributed by atoms with Gasteiger partial charge in [-0.1, -0.05) is 57.8 Å². The highest BCUT2D eigenvalue weighted by molar-refractivity contribution is 6.30. The molecule has 0 bridgehead atoms. The molecule has 2 nitrogen and oxygen atoms in total. The normalized spacial score (nSPS) is 44.6. The highest BCUT2D eigenvalue weighted by Gasteiger charge is 2.66. The van der Waals surface area contributed by atoms with Gasteiger partial charge in [0.1, 0.15) is 0 Å². The number of benzene rings is 1. The Hall–Kier alpha value is -1.02. The molecule has 1 aliphatic heterocycles. The first-order valence-corrected chi connectivity index (χ1v) is 12.6. The molecule has 3 saturated carbocycles. The molecule has 1 N–H and O–H groups in total. The van der Waals surface area contributed by atoms with Crippen LogP contribution in [0.3, 0.4) is 0 Å². The maximum absolute atomic E-state index is 12.6. The van der Waals surface area contributed by atoms with Gasteiger partial charge in [0, 0.05) is 17.5 Å². The third-order valence-electron chi connectivity index (χ3n) is 10.4. The monoisotopic (exact) mass is 427 g/mol. The Morgan fingerprint density at radius 1 is 1.00 bits per heavy atom. The van der Waals surface area contributed by atoms with Gasteiger partial charge in [-0.2, -0.15) is 0 Å². The van der Waals surface area contributed by atoms with E-state index in [2.05, 4.69) is 45.1 Å². The van der Waals surface area contributed by atoms with Crippen LogP contribution in [-0.2, 0) is 11.2 Å². The second-order valence-electron chi connectivity index (χ2n) is 12.1. The van der Waals surface area contributed by atoms with E-state index >= 15 is 0 Å². The molecule has 7 atom stereocenters. The van der Waals surface area contributed by atoms with Crippen molar-refractivity contribution in [3.8, 4) is 0 Å². The number of hydrogen-bond donors (Lipinski definition) is 1.